The lowest BCUT2D eigenvalue weighted by Crippen LogP contribution is -2.26. The average Bonchev–Trinajstić information content (AvgIpc) is 2.21. The molecule has 1 atom stereocenters. The number of para-hydroxylation sites is 2. The van der Waals surface area contributed by atoms with Gasteiger partial charge in [-0.3, -0.25) is 0 Å². The summed E-state index contributed by atoms with van der Waals surface area (Å²) in [5, 5.41) is 0. The maximum absolute atomic E-state index is 11.3. The molecule has 0 saturated heterocycles. The molecule has 0 radical (unpaired) electrons. The Morgan fingerprint density at radius 3 is 2.73 bits per heavy atom. The highest BCUT2D eigenvalue weighted by molar-refractivity contribution is 5.75. The molecule has 0 bridgehead atoms. The molecule has 15 heavy (non-hydrogen) atoms. The standard InChI is InChI=1S/C11H15NO3/c1-3-14-11(13)8(2)15-10-7-5-4-6-9(10)12/h4-8H,3,12H2,1-2H3. The summed E-state index contributed by atoms with van der Waals surface area (Å²) in [6.45, 7) is 3.72. The van der Waals surface area contributed by atoms with Gasteiger partial charge in [-0.2, -0.15) is 0 Å². The zero-order chi connectivity index (χ0) is 11.3. The number of nitrogens with two attached hydrogens (primary N) is 1. The lowest BCUT2D eigenvalue weighted by atomic mass is 10.3. The topological polar surface area (TPSA) is 61.5 Å². The van der Waals surface area contributed by atoms with Crippen LogP contribution in [0.4, 0.5) is 5.69 Å². The fourth-order valence-electron chi connectivity index (χ4n) is 1.09. The van der Waals surface area contributed by atoms with E-state index in [0.717, 1.165) is 0 Å². The van der Waals surface area contributed by atoms with Crippen LogP contribution < -0.4 is 10.5 Å². The van der Waals surface area contributed by atoms with Gasteiger partial charge in [0.2, 0.25) is 0 Å². The van der Waals surface area contributed by atoms with Crippen molar-refractivity contribution in [2.24, 2.45) is 0 Å². The Labute approximate surface area is 89.0 Å². The van der Waals surface area contributed by atoms with Gasteiger partial charge >= 0.3 is 5.97 Å². The van der Waals surface area contributed by atoms with Crippen molar-refractivity contribution in [2.45, 2.75) is 20.0 Å². The second-order valence-electron chi connectivity index (χ2n) is 3.05. The van der Waals surface area contributed by atoms with Crippen LogP contribution in [0.2, 0.25) is 0 Å². The Morgan fingerprint density at radius 2 is 2.13 bits per heavy atom. The summed E-state index contributed by atoms with van der Waals surface area (Å²) in [5.41, 5.74) is 6.17. The average molecular weight is 209 g/mol. The molecule has 0 spiro atoms. The molecule has 0 aliphatic rings. The van der Waals surface area contributed by atoms with Crippen LogP contribution in [0.15, 0.2) is 24.3 Å². The summed E-state index contributed by atoms with van der Waals surface area (Å²) in [6.07, 6.45) is -0.644. The van der Waals surface area contributed by atoms with Crippen molar-refractivity contribution < 1.29 is 14.3 Å². The predicted molar refractivity (Wildman–Crippen MR) is 57.6 cm³/mol. The van der Waals surface area contributed by atoms with Crippen LogP contribution in [-0.2, 0) is 9.53 Å². The third-order valence-corrected chi connectivity index (χ3v) is 1.84. The van der Waals surface area contributed by atoms with E-state index in [9.17, 15) is 4.79 Å². The van der Waals surface area contributed by atoms with Crippen molar-refractivity contribution in [1.82, 2.24) is 0 Å². The molecule has 0 saturated carbocycles. The summed E-state index contributed by atoms with van der Waals surface area (Å²) in [7, 11) is 0. The minimum Gasteiger partial charge on any atom is -0.477 e. The second kappa shape index (κ2) is 5.24. The fourth-order valence-corrected chi connectivity index (χ4v) is 1.09. The summed E-state index contributed by atoms with van der Waals surface area (Å²) < 4.78 is 10.2. The van der Waals surface area contributed by atoms with Gasteiger partial charge in [-0.25, -0.2) is 4.79 Å². The highest BCUT2D eigenvalue weighted by Gasteiger charge is 2.16. The first kappa shape index (κ1) is 11.4. The number of anilines is 1. The molecule has 0 aromatic heterocycles. The van der Waals surface area contributed by atoms with Crippen LogP contribution in [0.1, 0.15) is 13.8 Å². The molecule has 0 heterocycles. The van der Waals surface area contributed by atoms with Gasteiger partial charge in [-0.05, 0) is 26.0 Å². The zero-order valence-corrected chi connectivity index (χ0v) is 8.90. The third kappa shape index (κ3) is 3.16. The monoisotopic (exact) mass is 209 g/mol. The predicted octanol–water partition coefficient (Wildman–Crippen LogP) is 1.60. The van der Waals surface area contributed by atoms with Gasteiger partial charge in [-0.1, -0.05) is 12.1 Å². The van der Waals surface area contributed by atoms with Crippen LogP contribution in [0, 0.1) is 0 Å². The Morgan fingerprint density at radius 1 is 1.47 bits per heavy atom. The molecule has 4 heteroatoms. The molecule has 4 nitrogen and oxygen atoms in total. The number of rotatable bonds is 4. The van der Waals surface area contributed by atoms with E-state index in [0.29, 0.717) is 18.0 Å². The number of carbonyl (C=O) groups excluding carboxylic acids is 1. The summed E-state index contributed by atoms with van der Waals surface area (Å²) in [6, 6.07) is 7.03. The van der Waals surface area contributed by atoms with E-state index in [-0.39, 0.29) is 5.97 Å². The Bertz CT molecular complexity index is 338. The molecule has 82 valence electrons. The highest BCUT2D eigenvalue weighted by Crippen LogP contribution is 2.21. The van der Waals surface area contributed by atoms with Gasteiger partial charge in [0, 0.05) is 0 Å². The quantitative estimate of drug-likeness (QED) is 0.604. The molecule has 0 aliphatic carbocycles. The van der Waals surface area contributed by atoms with E-state index < -0.39 is 6.10 Å². The molecule has 0 aliphatic heterocycles. The molecule has 0 amide bonds. The van der Waals surface area contributed by atoms with Crippen molar-refractivity contribution in [2.75, 3.05) is 12.3 Å². The van der Waals surface area contributed by atoms with Crippen molar-refractivity contribution in [1.29, 1.82) is 0 Å². The van der Waals surface area contributed by atoms with E-state index in [1.165, 1.54) is 0 Å². The van der Waals surface area contributed by atoms with Crippen molar-refractivity contribution >= 4 is 11.7 Å². The lowest BCUT2D eigenvalue weighted by molar-refractivity contribution is -0.150. The molecular formula is C11H15NO3. The molecular weight excluding hydrogens is 194 g/mol. The first-order valence-electron chi connectivity index (χ1n) is 4.83. The van der Waals surface area contributed by atoms with Gasteiger partial charge in [0.25, 0.3) is 0 Å². The van der Waals surface area contributed by atoms with E-state index in [2.05, 4.69) is 0 Å². The SMILES string of the molecule is CCOC(=O)C(C)Oc1ccccc1N. The van der Waals surface area contributed by atoms with E-state index in [1.807, 2.05) is 0 Å². The molecule has 0 fully saturated rings. The Hall–Kier alpha value is -1.71. The summed E-state index contributed by atoms with van der Waals surface area (Å²) in [5.74, 6) is 0.110. The van der Waals surface area contributed by atoms with Crippen LogP contribution in [-0.4, -0.2) is 18.7 Å². The van der Waals surface area contributed by atoms with Gasteiger partial charge in [-0.15, -0.1) is 0 Å². The minimum atomic E-state index is -0.644. The number of hydrogen-bond acceptors (Lipinski definition) is 4. The van der Waals surface area contributed by atoms with Crippen molar-refractivity contribution in [3.63, 3.8) is 0 Å². The van der Waals surface area contributed by atoms with Crippen LogP contribution in [0.25, 0.3) is 0 Å². The number of benzene rings is 1. The lowest BCUT2D eigenvalue weighted by Gasteiger charge is -2.14. The number of ether oxygens (including phenoxy) is 2. The molecule has 1 aromatic carbocycles. The Balaban J connectivity index is 2.62. The Kier molecular flexibility index (Phi) is 3.97. The maximum Gasteiger partial charge on any atom is 0.347 e. The first-order valence-corrected chi connectivity index (χ1v) is 4.83. The van der Waals surface area contributed by atoms with Crippen LogP contribution >= 0.6 is 0 Å². The van der Waals surface area contributed by atoms with Gasteiger partial charge in [0.15, 0.2) is 6.10 Å². The van der Waals surface area contributed by atoms with Gasteiger partial charge < -0.3 is 15.2 Å². The fraction of sp³-hybridized carbons (Fsp3) is 0.364. The molecule has 1 aromatic rings. The maximum atomic E-state index is 11.3. The first-order chi connectivity index (χ1) is 7.15. The van der Waals surface area contributed by atoms with E-state index >= 15 is 0 Å². The number of esters is 1. The largest absolute Gasteiger partial charge is 0.477 e. The summed E-state index contributed by atoms with van der Waals surface area (Å²) in [4.78, 5) is 11.3. The number of nitrogen functional groups attached to an aromatic ring is 1. The molecule has 1 rings (SSSR count). The minimum absolute atomic E-state index is 0.344. The summed E-state index contributed by atoms with van der Waals surface area (Å²) >= 11 is 0. The zero-order valence-electron chi connectivity index (χ0n) is 8.90. The smallest absolute Gasteiger partial charge is 0.347 e. The van der Waals surface area contributed by atoms with Crippen molar-refractivity contribution in [3.8, 4) is 5.75 Å². The molecule has 1 unspecified atom stereocenters. The highest BCUT2D eigenvalue weighted by atomic mass is 16.6. The van der Waals surface area contributed by atoms with Gasteiger partial charge in [0.05, 0.1) is 12.3 Å². The normalized spacial score (nSPS) is 11.9. The van der Waals surface area contributed by atoms with Crippen LogP contribution in [0.5, 0.6) is 5.75 Å². The molecule has 2 N–H and O–H groups in total. The third-order valence-electron chi connectivity index (χ3n) is 1.84. The van der Waals surface area contributed by atoms with Crippen molar-refractivity contribution in [3.05, 3.63) is 24.3 Å². The second-order valence-corrected chi connectivity index (χ2v) is 3.05. The van der Waals surface area contributed by atoms with E-state index in [1.54, 1.807) is 38.1 Å². The number of hydrogen-bond donors (Lipinski definition) is 1. The van der Waals surface area contributed by atoms with E-state index in [4.69, 9.17) is 15.2 Å². The van der Waals surface area contributed by atoms with Gasteiger partial charge in [0.1, 0.15) is 5.75 Å². The number of carbonyl (C=O) groups is 1. The van der Waals surface area contributed by atoms with Crippen LogP contribution in [0.3, 0.4) is 0 Å².